The van der Waals surface area contributed by atoms with E-state index in [1.807, 2.05) is 0 Å². The number of sulfone groups is 1. The first kappa shape index (κ1) is 22.0. The van der Waals surface area contributed by atoms with Crippen LogP contribution in [0.5, 0.6) is 0 Å². The Morgan fingerprint density at radius 3 is 2.29 bits per heavy atom. The number of amides is 1. The molecule has 4 rings (SSSR count). The summed E-state index contributed by atoms with van der Waals surface area (Å²) in [4.78, 5) is 15.3. The van der Waals surface area contributed by atoms with Crippen LogP contribution >= 0.6 is 0 Å². The molecular formula is C21H27N3O5S2. The average Bonchev–Trinajstić information content (AvgIpc) is 3.15. The second-order valence-electron chi connectivity index (χ2n) is 8.26. The maximum Gasteiger partial charge on any atom is 0.274 e. The van der Waals surface area contributed by atoms with Gasteiger partial charge in [-0.15, -0.1) is 0 Å². The zero-order valence-electron chi connectivity index (χ0n) is 17.7. The molecule has 0 aliphatic carbocycles. The summed E-state index contributed by atoms with van der Waals surface area (Å²) in [5, 5.41) is 0. The number of hydrogen-bond donors (Lipinski definition) is 0. The predicted molar refractivity (Wildman–Crippen MR) is 118 cm³/mol. The maximum atomic E-state index is 13.4. The summed E-state index contributed by atoms with van der Waals surface area (Å²) in [6.45, 7) is 1.49. The van der Waals surface area contributed by atoms with Gasteiger partial charge in [0.2, 0.25) is 10.0 Å². The molecule has 2 aromatic rings. The van der Waals surface area contributed by atoms with E-state index in [9.17, 15) is 21.6 Å². The molecule has 0 bridgehead atoms. The van der Waals surface area contributed by atoms with Gasteiger partial charge in [-0.1, -0.05) is 6.42 Å². The Balaban J connectivity index is 1.66. The SMILES string of the molecule is Cn1cc(S(=O)(=O)N2CCCCC2)cc1C(=O)N1CCCc2cc(S(C)(=O)=O)ccc21. The van der Waals surface area contributed by atoms with Crippen LogP contribution in [0, 0.1) is 0 Å². The lowest BCUT2D eigenvalue weighted by atomic mass is 10.0. The second-order valence-corrected chi connectivity index (χ2v) is 12.2. The molecule has 0 saturated carbocycles. The van der Waals surface area contributed by atoms with Crippen molar-refractivity contribution in [1.29, 1.82) is 0 Å². The van der Waals surface area contributed by atoms with Crippen molar-refractivity contribution in [3.05, 3.63) is 41.7 Å². The van der Waals surface area contributed by atoms with Crippen molar-refractivity contribution in [3.8, 4) is 0 Å². The monoisotopic (exact) mass is 465 g/mol. The van der Waals surface area contributed by atoms with Gasteiger partial charge in [0, 0.05) is 44.8 Å². The molecule has 31 heavy (non-hydrogen) atoms. The molecule has 168 valence electrons. The predicted octanol–water partition coefficient (Wildman–Crippen LogP) is 2.20. The number of carbonyl (C=O) groups is 1. The normalized spacial score (nSPS) is 18.1. The maximum absolute atomic E-state index is 13.4. The number of fused-ring (bicyclic) bond motifs is 1. The van der Waals surface area contributed by atoms with Crippen LogP contribution in [0.2, 0.25) is 0 Å². The third-order valence-electron chi connectivity index (χ3n) is 5.99. The minimum atomic E-state index is -3.64. The molecule has 0 spiro atoms. The smallest absolute Gasteiger partial charge is 0.274 e. The summed E-state index contributed by atoms with van der Waals surface area (Å²) in [6.07, 6.45) is 6.76. The minimum Gasteiger partial charge on any atom is -0.345 e. The van der Waals surface area contributed by atoms with E-state index in [0.29, 0.717) is 38.2 Å². The summed E-state index contributed by atoms with van der Waals surface area (Å²) in [5.74, 6) is -0.296. The summed E-state index contributed by atoms with van der Waals surface area (Å²) in [6, 6.07) is 6.25. The molecule has 1 aromatic heterocycles. The van der Waals surface area contributed by atoms with Crippen molar-refractivity contribution >= 4 is 31.5 Å². The number of aryl methyl sites for hydroxylation is 2. The van der Waals surface area contributed by atoms with Gasteiger partial charge in [-0.2, -0.15) is 4.31 Å². The lowest BCUT2D eigenvalue weighted by Crippen LogP contribution is -2.36. The van der Waals surface area contributed by atoms with Crippen molar-refractivity contribution in [3.63, 3.8) is 0 Å². The number of benzene rings is 1. The topological polar surface area (TPSA) is 96.8 Å². The van der Waals surface area contributed by atoms with Gasteiger partial charge < -0.3 is 9.47 Å². The number of piperidine rings is 1. The van der Waals surface area contributed by atoms with Crippen LogP contribution in [-0.2, 0) is 33.3 Å². The summed E-state index contributed by atoms with van der Waals surface area (Å²) in [7, 11) is -5.30. The fraction of sp³-hybridized carbons (Fsp3) is 0.476. The Morgan fingerprint density at radius 2 is 1.61 bits per heavy atom. The third kappa shape index (κ3) is 4.16. The van der Waals surface area contributed by atoms with Crippen molar-refractivity contribution in [2.75, 3.05) is 30.8 Å². The molecule has 8 nitrogen and oxygen atoms in total. The largest absolute Gasteiger partial charge is 0.345 e. The van der Waals surface area contributed by atoms with E-state index in [-0.39, 0.29) is 21.4 Å². The van der Waals surface area contributed by atoms with Gasteiger partial charge in [0.15, 0.2) is 9.84 Å². The van der Waals surface area contributed by atoms with E-state index in [1.54, 1.807) is 28.6 Å². The Kier molecular flexibility index (Phi) is 5.74. The van der Waals surface area contributed by atoms with Crippen LogP contribution in [0.1, 0.15) is 41.7 Å². The molecule has 1 fully saturated rings. The first-order valence-electron chi connectivity index (χ1n) is 10.4. The molecular weight excluding hydrogens is 438 g/mol. The molecule has 0 radical (unpaired) electrons. The van der Waals surface area contributed by atoms with E-state index in [1.165, 1.54) is 22.6 Å². The number of nitrogens with zero attached hydrogens (tertiary/aromatic N) is 3. The molecule has 0 unspecified atom stereocenters. The van der Waals surface area contributed by atoms with Crippen molar-refractivity contribution in [2.24, 2.45) is 7.05 Å². The van der Waals surface area contributed by atoms with Gasteiger partial charge in [0.05, 0.1) is 4.90 Å². The molecule has 10 heteroatoms. The second kappa shape index (κ2) is 8.07. The van der Waals surface area contributed by atoms with E-state index in [4.69, 9.17) is 0 Å². The summed E-state index contributed by atoms with van der Waals surface area (Å²) < 4.78 is 52.8. The number of carbonyl (C=O) groups excluding carboxylic acids is 1. The Bertz CT molecular complexity index is 1230. The minimum absolute atomic E-state index is 0.130. The number of rotatable bonds is 4. The van der Waals surface area contributed by atoms with Crippen LogP contribution in [0.15, 0.2) is 40.3 Å². The first-order valence-corrected chi connectivity index (χ1v) is 13.7. The van der Waals surface area contributed by atoms with E-state index >= 15 is 0 Å². The standard InChI is InChI=1S/C21H27N3O5S2/c1-22-15-18(31(28,29)23-10-4-3-5-11-23)14-20(22)21(25)24-12-6-7-16-13-17(30(2,26)27)8-9-19(16)24/h8-9,13-15H,3-7,10-12H2,1-2H3. The molecule has 0 N–H and O–H groups in total. The quantitative estimate of drug-likeness (QED) is 0.690. The fourth-order valence-corrected chi connectivity index (χ4v) is 6.56. The van der Waals surface area contributed by atoms with Crippen LogP contribution in [-0.4, -0.2) is 57.5 Å². The van der Waals surface area contributed by atoms with Gasteiger partial charge in [-0.25, -0.2) is 16.8 Å². The zero-order chi connectivity index (χ0) is 22.4. The molecule has 1 saturated heterocycles. The highest BCUT2D eigenvalue weighted by molar-refractivity contribution is 7.90. The third-order valence-corrected chi connectivity index (χ3v) is 8.97. The number of anilines is 1. The van der Waals surface area contributed by atoms with Crippen LogP contribution in [0.4, 0.5) is 5.69 Å². The number of hydrogen-bond acceptors (Lipinski definition) is 5. The Hall–Kier alpha value is -2.17. The Morgan fingerprint density at radius 1 is 0.903 bits per heavy atom. The van der Waals surface area contributed by atoms with Crippen LogP contribution in [0.3, 0.4) is 0 Å². The summed E-state index contributed by atoms with van der Waals surface area (Å²) in [5.41, 5.74) is 1.76. The van der Waals surface area contributed by atoms with Gasteiger partial charge in [-0.3, -0.25) is 4.79 Å². The van der Waals surface area contributed by atoms with E-state index < -0.39 is 19.9 Å². The highest BCUT2D eigenvalue weighted by Gasteiger charge is 2.31. The van der Waals surface area contributed by atoms with Gasteiger partial charge in [0.1, 0.15) is 10.6 Å². The van der Waals surface area contributed by atoms with Crippen molar-refractivity contribution in [2.45, 2.75) is 41.9 Å². The highest BCUT2D eigenvalue weighted by atomic mass is 32.2. The molecule has 2 aliphatic heterocycles. The molecule has 1 aromatic carbocycles. The van der Waals surface area contributed by atoms with Crippen molar-refractivity contribution in [1.82, 2.24) is 8.87 Å². The summed E-state index contributed by atoms with van der Waals surface area (Å²) >= 11 is 0. The number of aromatic nitrogens is 1. The van der Waals surface area contributed by atoms with Gasteiger partial charge in [-0.05, 0) is 55.5 Å². The Labute approximate surface area is 183 Å². The van der Waals surface area contributed by atoms with Gasteiger partial charge >= 0.3 is 0 Å². The molecule has 2 aliphatic rings. The van der Waals surface area contributed by atoms with E-state index in [0.717, 1.165) is 31.1 Å². The first-order chi connectivity index (χ1) is 14.6. The number of sulfonamides is 1. The van der Waals surface area contributed by atoms with Crippen molar-refractivity contribution < 1.29 is 21.6 Å². The van der Waals surface area contributed by atoms with Gasteiger partial charge in [0.25, 0.3) is 5.91 Å². The highest BCUT2D eigenvalue weighted by Crippen LogP contribution is 2.31. The van der Waals surface area contributed by atoms with E-state index in [2.05, 4.69) is 0 Å². The zero-order valence-corrected chi connectivity index (χ0v) is 19.4. The molecule has 3 heterocycles. The van der Waals surface area contributed by atoms with Crippen LogP contribution < -0.4 is 4.90 Å². The fourth-order valence-electron chi connectivity index (χ4n) is 4.30. The molecule has 0 atom stereocenters. The van der Waals surface area contributed by atoms with Crippen LogP contribution in [0.25, 0.3) is 0 Å². The lowest BCUT2D eigenvalue weighted by Gasteiger charge is -2.30. The lowest BCUT2D eigenvalue weighted by molar-refractivity contribution is 0.0977. The molecule has 1 amide bonds. The average molecular weight is 466 g/mol.